The smallest absolute Gasteiger partial charge is 0.0659 e. The van der Waals surface area contributed by atoms with Gasteiger partial charge in [-0.3, -0.25) is 5.43 Å². The third-order valence-corrected chi connectivity index (χ3v) is 5.25. The SMILES string of the molecule is CCCC1=C(CC(Cc2ccccc2)NC)NN=C(C)C1C(O)CCC. The van der Waals surface area contributed by atoms with E-state index < -0.39 is 0 Å². The predicted octanol–water partition coefficient (Wildman–Crippen LogP) is 4.02. The van der Waals surface area contributed by atoms with Gasteiger partial charge < -0.3 is 10.4 Å². The van der Waals surface area contributed by atoms with Gasteiger partial charge in [0.2, 0.25) is 0 Å². The molecule has 0 fully saturated rings. The van der Waals surface area contributed by atoms with Crippen molar-refractivity contribution in [1.29, 1.82) is 0 Å². The average Bonchev–Trinajstić information content (AvgIpc) is 2.64. The molecule has 1 aliphatic heterocycles. The highest BCUT2D eigenvalue weighted by molar-refractivity contribution is 5.88. The Morgan fingerprint density at radius 1 is 1.15 bits per heavy atom. The van der Waals surface area contributed by atoms with E-state index in [0.717, 1.165) is 44.2 Å². The Morgan fingerprint density at radius 2 is 1.88 bits per heavy atom. The number of nitrogens with zero attached hydrogens (tertiary/aromatic N) is 1. The van der Waals surface area contributed by atoms with Gasteiger partial charge in [0, 0.05) is 29.8 Å². The van der Waals surface area contributed by atoms with Crippen LogP contribution in [0, 0.1) is 5.92 Å². The molecule has 0 bridgehead atoms. The van der Waals surface area contributed by atoms with Crippen LogP contribution in [0.2, 0.25) is 0 Å². The minimum Gasteiger partial charge on any atom is -0.392 e. The largest absolute Gasteiger partial charge is 0.392 e. The molecule has 0 radical (unpaired) electrons. The van der Waals surface area contributed by atoms with Gasteiger partial charge in [-0.15, -0.1) is 0 Å². The number of hydrogen-bond donors (Lipinski definition) is 3. The topological polar surface area (TPSA) is 56.7 Å². The number of hydrogen-bond acceptors (Lipinski definition) is 4. The molecule has 0 amide bonds. The Hall–Kier alpha value is -1.65. The minimum absolute atomic E-state index is 0.0559. The lowest BCUT2D eigenvalue weighted by Crippen LogP contribution is -2.38. The molecular formula is C22H35N3O. The molecule has 0 saturated carbocycles. The number of benzene rings is 1. The summed E-state index contributed by atoms with van der Waals surface area (Å²) in [5.74, 6) is 0.0559. The maximum Gasteiger partial charge on any atom is 0.0659 e. The minimum atomic E-state index is -0.343. The quantitative estimate of drug-likeness (QED) is 0.593. The zero-order chi connectivity index (χ0) is 18.9. The summed E-state index contributed by atoms with van der Waals surface area (Å²) in [6.45, 7) is 6.36. The summed E-state index contributed by atoms with van der Waals surface area (Å²) >= 11 is 0. The van der Waals surface area contributed by atoms with Crippen molar-refractivity contribution >= 4 is 5.71 Å². The number of rotatable bonds is 10. The van der Waals surface area contributed by atoms with Crippen LogP contribution in [0.15, 0.2) is 46.7 Å². The zero-order valence-electron chi connectivity index (χ0n) is 16.8. The molecular weight excluding hydrogens is 322 g/mol. The van der Waals surface area contributed by atoms with Crippen LogP contribution in [0.1, 0.15) is 58.4 Å². The molecule has 0 aromatic heterocycles. The van der Waals surface area contributed by atoms with Gasteiger partial charge in [-0.2, -0.15) is 5.10 Å². The monoisotopic (exact) mass is 357 g/mol. The lowest BCUT2D eigenvalue weighted by molar-refractivity contribution is 0.137. The maximum absolute atomic E-state index is 10.7. The molecule has 144 valence electrons. The summed E-state index contributed by atoms with van der Waals surface area (Å²) in [5, 5.41) is 18.7. The first-order valence-corrected chi connectivity index (χ1v) is 10.0. The second-order valence-electron chi connectivity index (χ2n) is 7.33. The molecule has 0 spiro atoms. The van der Waals surface area contributed by atoms with Crippen LogP contribution in [0.4, 0.5) is 0 Å². The van der Waals surface area contributed by atoms with Gasteiger partial charge >= 0.3 is 0 Å². The van der Waals surface area contributed by atoms with E-state index in [1.54, 1.807) is 0 Å². The first kappa shape index (κ1) is 20.7. The molecule has 3 unspecified atom stereocenters. The van der Waals surface area contributed by atoms with Gasteiger partial charge in [-0.05, 0) is 44.4 Å². The lowest BCUT2D eigenvalue weighted by Gasteiger charge is -2.32. The van der Waals surface area contributed by atoms with Crippen LogP contribution < -0.4 is 10.7 Å². The van der Waals surface area contributed by atoms with Crippen molar-refractivity contribution in [2.24, 2.45) is 11.0 Å². The molecule has 3 N–H and O–H groups in total. The van der Waals surface area contributed by atoms with Gasteiger partial charge in [0.25, 0.3) is 0 Å². The summed E-state index contributed by atoms with van der Waals surface area (Å²) in [6.07, 6.45) is 5.41. The number of nitrogens with one attached hydrogen (secondary N) is 2. The van der Waals surface area contributed by atoms with E-state index >= 15 is 0 Å². The van der Waals surface area contributed by atoms with Crippen molar-refractivity contribution in [2.75, 3.05) is 7.05 Å². The molecule has 3 atom stereocenters. The van der Waals surface area contributed by atoms with Gasteiger partial charge in [-0.1, -0.05) is 57.0 Å². The summed E-state index contributed by atoms with van der Waals surface area (Å²) in [7, 11) is 2.02. The Morgan fingerprint density at radius 3 is 2.50 bits per heavy atom. The molecule has 1 aromatic rings. The average molecular weight is 358 g/mol. The van der Waals surface area contributed by atoms with Crippen molar-refractivity contribution in [3.8, 4) is 0 Å². The van der Waals surface area contributed by atoms with Gasteiger partial charge in [0.15, 0.2) is 0 Å². The van der Waals surface area contributed by atoms with Crippen LogP contribution >= 0.6 is 0 Å². The zero-order valence-corrected chi connectivity index (χ0v) is 16.8. The van der Waals surface area contributed by atoms with E-state index in [2.05, 4.69) is 60.0 Å². The van der Waals surface area contributed by atoms with E-state index in [9.17, 15) is 5.11 Å². The van der Waals surface area contributed by atoms with Crippen molar-refractivity contribution in [1.82, 2.24) is 10.7 Å². The molecule has 26 heavy (non-hydrogen) atoms. The highest BCUT2D eigenvalue weighted by Gasteiger charge is 2.31. The Labute approximate surface area is 158 Å². The number of hydrazone groups is 1. The van der Waals surface area contributed by atoms with E-state index in [1.807, 2.05) is 14.0 Å². The Kier molecular flexibility index (Phi) is 8.33. The standard InChI is InChI=1S/C22H35N3O/c1-5-10-19-20(25-24-16(3)22(19)21(26)11-6-2)15-18(23-4)14-17-12-8-7-9-13-17/h7-9,12-13,18,21-23,25-26H,5-6,10-11,14-15H2,1-4H3. The van der Waals surface area contributed by atoms with Gasteiger partial charge in [-0.25, -0.2) is 0 Å². The first-order chi connectivity index (χ1) is 12.6. The Bertz CT molecular complexity index is 609. The van der Waals surface area contributed by atoms with E-state index in [4.69, 9.17) is 0 Å². The molecule has 2 rings (SSSR count). The van der Waals surface area contributed by atoms with Crippen LogP contribution in [-0.2, 0) is 6.42 Å². The lowest BCUT2D eigenvalue weighted by atomic mass is 9.81. The van der Waals surface area contributed by atoms with E-state index in [0.29, 0.717) is 6.04 Å². The third-order valence-electron chi connectivity index (χ3n) is 5.25. The first-order valence-electron chi connectivity index (χ1n) is 10.0. The highest BCUT2D eigenvalue weighted by Crippen LogP contribution is 2.31. The summed E-state index contributed by atoms with van der Waals surface area (Å²) in [4.78, 5) is 0. The Balaban J connectivity index is 2.21. The van der Waals surface area contributed by atoms with Crippen molar-refractivity contribution in [3.05, 3.63) is 47.2 Å². The van der Waals surface area contributed by atoms with Gasteiger partial charge in [0.1, 0.15) is 0 Å². The molecule has 4 heteroatoms. The van der Waals surface area contributed by atoms with Gasteiger partial charge in [0.05, 0.1) is 6.10 Å². The van der Waals surface area contributed by atoms with Crippen LogP contribution in [-0.4, -0.2) is 30.0 Å². The van der Waals surface area contributed by atoms with Crippen molar-refractivity contribution in [3.63, 3.8) is 0 Å². The third kappa shape index (κ3) is 5.42. The van der Waals surface area contributed by atoms with Crippen LogP contribution in [0.25, 0.3) is 0 Å². The number of aliphatic hydroxyl groups excluding tert-OH is 1. The summed E-state index contributed by atoms with van der Waals surface area (Å²) in [5.41, 5.74) is 8.17. The second kappa shape index (κ2) is 10.5. The highest BCUT2D eigenvalue weighted by atomic mass is 16.3. The normalized spacial score (nSPS) is 19.7. The fourth-order valence-electron chi connectivity index (χ4n) is 3.88. The molecule has 4 nitrogen and oxygen atoms in total. The van der Waals surface area contributed by atoms with Crippen LogP contribution in [0.3, 0.4) is 0 Å². The maximum atomic E-state index is 10.7. The van der Waals surface area contributed by atoms with Crippen molar-refractivity contribution < 1.29 is 5.11 Å². The van der Waals surface area contributed by atoms with E-state index in [-0.39, 0.29) is 12.0 Å². The molecule has 1 heterocycles. The number of likely N-dealkylation sites (N-methyl/N-ethyl adjacent to an activating group) is 1. The fourth-order valence-corrected chi connectivity index (χ4v) is 3.88. The molecule has 0 aliphatic carbocycles. The fraction of sp³-hybridized carbons (Fsp3) is 0.591. The van der Waals surface area contributed by atoms with Crippen molar-refractivity contribution in [2.45, 2.75) is 71.4 Å². The van der Waals surface area contributed by atoms with Crippen LogP contribution in [0.5, 0.6) is 0 Å². The molecule has 0 saturated heterocycles. The van der Waals surface area contributed by atoms with E-state index in [1.165, 1.54) is 16.8 Å². The second-order valence-corrected chi connectivity index (χ2v) is 7.33. The number of aliphatic hydroxyl groups is 1. The molecule has 1 aliphatic rings. The summed E-state index contributed by atoms with van der Waals surface area (Å²) < 4.78 is 0. The molecule has 1 aromatic carbocycles. The summed E-state index contributed by atoms with van der Waals surface area (Å²) in [6, 6.07) is 10.9. The predicted molar refractivity (Wildman–Crippen MR) is 110 cm³/mol.